The SMILES string of the molecule is CC(Cl)CN(CC(C)Cl)c1ccc(CC(N)=O)cc1. The van der Waals surface area contributed by atoms with Crippen molar-refractivity contribution < 1.29 is 4.79 Å². The highest BCUT2D eigenvalue weighted by molar-refractivity contribution is 6.21. The number of nitrogens with zero attached hydrogens (tertiary/aromatic N) is 1. The normalized spacial score (nSPS) is 13.9. The summed E-state index contributed by atoms with van der Waals surface area (Å²) in [5, 5.41) is 0.0847. The molecule has 0 aliphatic heterocycles. The zero-order valence-electron chi connectivity index (χ0n) is 11.3. The van der Waals surface area contributed by atoms with Gasteiger partial charge in [-0.05, 0) is 31.5 Å². The summed E-state index contributed by atoms with van der Waals surface area (Å²) in [5.74, 6) is -0.326. The van der Waals surface area contributed by atoms with Gasteiger partial charge in [0, 0.05) is 29.5 Å². The Morgan fingerprint density at radius 1 is 1.16 bits per heavy atom. The Labute approximate surface area is 124 Å². The van der Waals surface area contributed by atoms with Crippen molar-refractivity contribution >= 4 is 34.8 Å². The predicted octanol–water partition coefficient (Wildman–Crippen LogP) is 2.78. The lowest BCUT2D eigenvalue weighted by atomic mass is 10.1. The Morgan fingerprint density at radius 2 is 1.63 bits per heavy atom. The van der Waals surface area contributed by atoms with Crippen LogP contribution < -0.4 is 10.6 Å². The van der Waals surface area contributed by atoms with E-state index in [9.17, 15) is 4.79 Å². The number of primary amides is 1. The van der Waals surface area contributed by atoms with Crippen LogP contribution in [-0.2, 0) is 11.2 Å². The molecule has 1 amide bonds. The van der Waals surface area contributed by atoms with Crippen molar-refractivity contribution in [3.05, 3.63) is 29.8 Å². The van der Waals surface area contributed by atoms with Gasteiger partial charge in [0.25, 0.3) is 0 Å². The lowest BCUT2D eigenvalue weighted by Gasteiger charge is -2.27. The van der Waals surface area contributed by atoms with Gasteiger partial charge >= 0.3 is 0 Å². The maximum Gasteiger partial charge on any atom is 0.221 e. The largest absolute Gasteiger partial charge is 0.369 e. The third kappa shape index (κ3) is 6.17. The van der Waals surface area contributed by atoms with E-state index >= 15 is 0 Å². The van der Waals surface area contributed by atoms with Crippen LogP contribution in [0.4, 0.5) is 5.69 Å². The number of nitrogens with two attached hydrogens (primary N) is 1. The van der Waals surface area contributed by atoms with Crippen molar-refractivity contribution in [1.82, 2.24) is 0 Å². The third-order valence-corrected chi connectivity index (χ3v) is 2.90. The van der Waals surface area contributed by atoms with Gasteiger partial charge in [0.15, 0.2) is 0 Å². The molecule has 0 saturated heterocycles. The quantitative estimate of drug-likeness (QED) is 0.787. The van der Waals surface area contributed by atoms with E-state index in [1.807, 2.05) is 38.1 Å². The van der Waals surface area contributed by atoms with Gasteiger partial charge in [0.2, 0.25) is 5.91 Å². The Morgan fingerprint density at radius 3 is 2.00 bits per heavy atom. The number of carbonyl (C=O) groups excluding carboxylic acids is 1. The molecule has 0 aliphatic rings. The summed E-state index contributed by atoms with van der Waals surface area (Å²) in [6.07, 6.45) is 0.262. The molecule has 19 heavy (non-hydrogen) atoms. The Kier molecular flexibility index (Phi) is 6.46. The lowest BCUT2D eigenvalue weighted by Crippen LogP contribution is -2.33. The minimum atomic E-state index is -0.326. The summed E-state index contributed by atoms with van der Waals surface area (Å²) in [6.45, 7) is 5.37. The van der Waals surface area contributed by atoms with Crippen LogP contribution in [0.15, 0.2) is 24.3 Å². The fourth-order valence-corrected chi connectivity index (χ4v) is 2.25. The van der Waals surface area contributed by atoms with Crippen LogP contribution in [0.25, 0.3) is 0 Å². The highest BCUT2D eigenvalue weighted by Gasteiger charge is 2.12. The number of benzene rings is 1. The van der Waals surface area contributed by atoms with E-state index in [1.165, 1.54) is 0 Å². The molecule has 106 valence electrons. The second-order valence-corrected chi connectivity index (χ2v) is 6.27. The number of hydrogen-bond acceptors (Lipinski definition) is 2. The molecule has 2 unspecified atom stereocenters. The molecule has 0 spiro atoms. The Balaban J connectivity index is 2.80. The van der Waals surface area contributed by atoms with Crippen molar-refractivity contribution in [3.63, 3.8) is 0 Å². The number of rotatable bonds is 7. The first kappa shape index (κ1) is 16.1. The molecule has 0 aliphatic carbocycles. The van der Waals surface area contributed by atoms with Crippen molar-refractivity contribution in [2.24, 2.45) is 5.73 Å². The summed E-state index contributed by atoms with van der Waals surface area (Å²) in [4.78, 5) is 13.0. The third-order valence-electron chi connectivity index (χ3n) is 2.62. The monoisotopic (exact) mass is 302 g/mol. The first-order valence-corrected chi connectivity index (χ1v) is 7.16. The summed E-state index contributed by atoms with van der Waals surface area (Å²) >= 11 is 12.1. The van der Waals surface area contributed by atoms with E-state index < -0.39 is 0 Å². The van der Waals surface area contributed by atoms with Crippen LogP contribution in [0.5, 0.6) is 0 Å². The van der Waals surface area contributed by atoms with E-state index in [0.717, 1.165) is 24.3 Å². The second-order valence-electron chi connectivity index (χ2n) is 4.78. The molecular weight excluding hydrogens is 283 g/mol. The highest BCUT2D eigenvalue weighted by Crippen LogP contribution is 2.18. The standard InChI is InChI=1S/C14H20Cl2N2O/c1-10(15)8-18(9-11(2)16)13-5-3-12(4-6-13)7-14(17)19/h3-6,10-11H,7-9H2,1-2H3,(H2,17,19). The first-order valence-electron chi connectivity index (χ1n) is 6.28. The molecule has 0 bridgehead atoms. The first-order chi connectivity index (χ1) is 8.88. The second kappa shape index (κ2) is 7.61. The lowest BCUT2D eigenvalue weighted by molar-refractivity contribution is -0.117. The minimum Gasteiger partial charge on any atom is -0.369 e. The number of hydrogen-bond donors (Lipinski definition) is 1. The number of carbonyl (C=O) groups is 1. The summed E-state index contributed by atoms with van der Waals surface area (Å²) in [6, 6.07) is 7.75. The Hall–Kier alpha value is -0.930. The van der Waals surface area contributed by atoms with Gasteiger partial charge in [-0.15, -0.1) is 23.2 Å². The molecule has 0 aromatic heterocycles. The molecule has 5 heteroatoms. The van der Waals surface area contributed by atoms with Crippen molar-refractivity contribution in [1.29, 1.82) is 0 Å². The summed E-state index contributed by atoms with van der Waals surface area (Å²) in [7, 11) is 0. The zero-order chi connectivity index (χ0) is 14.4. The number of anilines is 1. The van der Waals surface area contributed by atoms with Crippen molar-refractivity contribution in [2.45, 2.75) is 31.0 Å². The van der Waals surface area contributed by atoms with Crippen LogP contribution in [-0.4, -0.2) is 29.8 Å². The van der Waals surface area contributed by atoms with E-state index in [-0.39, 0.29) is 23.1 Å². The smallest absolute Gasteiger partial charge is 0.221 e. The van der Waals surface area contributed by atoms with Crippen LogP contribution >= 0.6 is 23.2 Å². The molecular formula is C14H20Cl2N2O. The van der Waals surface area contributed by atoms with Gasteiger partial charge in [-0.2, -0.15) is 0 Å². The number of amides is 1. The summed E-state index contributed by atoms with van der Waals surface area (Å²) in [5.41, 5.74) is 7.13. The van der Waals surface area contributed by atoms with Gasteiger partial charge in [-0.3, -0.25) is 4.79 Å². The van der Waals surface area contributed by atoms with Gasteiger partial charge < -0.3 is 10.6 Å². The fraction of sp³-hybridized carbons (Fsp3) is 0.500. The van der Waals surface area contributed by atoms with Gasteiger partial charge in [0.05, 0.1) is 6.42 Å². The molecule has 0 fully saturated rings. The van der Waals surface area contributed by atoms with Crippen molar-refractivity contribution in [2.75, 3.05) is 18.0 Å². The molecule has 0 saturated carbocycles. The van der Waals surface area contributed by atoms with Crippen molar-refractivity contribution in [3.8, 4) is 0 Å². The van der Waals surface area contributed by atoms with E-state index in [0.29, 0.717) is 0 Å². The summed E-state index contributed by atoms with van der Waals surface area (Å²) < 4.78 is 0. The molecule has 0 heterocycles. The van der Waals surface area contributed by atoms with E-state index in [4.69, 9.17) is 28.9 Å². The molecule has 2 N–H and O–H groups in total. The van der Waals surface area contributed by atoms with E-state index in [1.54, 1.807) is 0 Å². The van der Waals surface area contributed by atoms with Gasteiger partial charge in [-0.25, -0.2) is 0 Å². The van der Waals surface area contributed by atoms with Crippen LogP contribution in [0, 0.1) is 0 Å². The minimum absolute atomic E-state index is 0.0423. The number of halogens is 2. The average Bonchev–Trinajstić information content (AvgIpc) is 2.27. The van der Waals surface area contributed by atoms with E-state index in [2.05, 4.69) is 4.90 Å². The zero-order valence-corrected chi connectivity index (χ0v) is 12.8. The van der Waals surface area contributed by atoms with Crippen LogP contribution in [0.1, 0.15) is 19.4 Å². The molecule has 1 aromatic carbocycles. The van der Waals surface area contributed by atoms with Gasteiger partial charge in [-0.1, -0.05) is 12.1 Å². The molecule has 0 radical (unpaired) electrons. The Bertz CT molecular complexity index is 394. The maximum atomic E-state index is 10.9. The molecule has 2 atom stereocenters. The number of alkyl halides is 2. The molecule has 3 nitrogen and oxygen atoms in total. The highest BCUT2D eigenvalue weighted by atomic mass is 35.5. The fourth-order valence-electron chi connectivity index (χ4n) is 1.92. The topological polar surface area (TPSA) is 46.3 Å². The molecule has 1 rings (SSSR count). The van der Waals surface area contributed by atoms with Crippen LogP contribution in [0.2, 0.25) is 0 Å². The predicted molar refractivity (Wildman–Crippen MR) is 82.2 cm³/mol. The average molecular weight is 303 g/mol. The maximum absolute atomic E-state index is 10.9. The molecule has 1 aromatic rings. The van der Waals surface area contributed by atoms with Crippen LogP contribution in [0.3, 0.4) is 0 Å². The van der Waals surface area contributed by atoms with Gasteiger partial charge in [0.1, 0.15) is 0 Å².